The molecule has 11 heteroatoms. The largest absolute Gasteiger partial charge is 0.454 e. The van der Waals surface area contributed by atoms with E-state index in [1.807, 2.05) is 0 Å². The van der Waals surface area contributed by atoms with E-state index in [1.165, 1.54) is 50.5 Å². The number of nitrogens with one attached hydrogen (secondary N) is 1. The molecule has 2 aromatic rings. The normalized spacial score (nSPS) is 14.8. The van der Waals surface area contributed by atoms with Gasteiger partial charge in [0.25, 0.3) is 10.0 Å². The zero-order valence-electron chi connectivity index (χ0n) is 15.7. The molecule has 2 amide bonds. The van der Waals surface area contributed by atoms with Gasteiger partial charge in [-0.15, -0.1) is 0 Å². The molecule has 3 rings (SSSR count). The minimum absolute atomic E-state index is 0.115. The summed E-state index contributed by atoms with van der Waals surface area (Å²) in [4.78, 5) is 35.5. The van der Waals surface area contributed by atoms with Crippen LogP contribution in [0.4, 0.5) is 5.69 Å². The van der Waals surface area contributed by atoms with Gasteiger partial charge in [0.1, 0.15) is 12.4 Å². The third-order valence-electron chi connectivity index (χ3n) is 4.13. The number of carbonyl (C=O) groups is 3. The lowest BCUT2D eigenvalue weighted by Gasteiger charge is -2.27. The summed E-state index contributed by atoms with van der Waals surface area (Å²) in [6, 6.07) is 8.63. The molecule has 10 nitrogen and oxygen atoms in total. The zero-order chi connectivity index (χ0) is 21.2. The van der Waals surface area contributed by atoms with Gasteiger partial charge < -0.3 is 9.15 Å². The lowest BCUT2D eigenvalue weighted by Crippen LogP contribution is -2.50. The second kappa shape index (κ2) is 8.05. The molecule has 0 aliphatic carbocycles. The fraction of sp³-hybridized carbons (Fsp3) is 0.278. The summed E-state index contributed by atoms with van der Waals surface area (Å²) < 4.78 is 35.3. The van der Waals surface area contributed by atoms with Crippen molar-refractivity contribution in [3.05, 3.63) is 47.7 Å². The first-order valence-corrected chi connectivity index (χ1v) is 10.0. The van der Waals surface area contributed by atoms with E-state index in [2.05, 4.69) is 5.43 Å². The molecule has 0 radical (unpaired) electrons. The first-order chi connectivity index (χ1) is 13.7. The van der Waals surface area contributed by atoms with Gasteiger partial charge in [-0.05, 0) is 36.4 Å². The third kappa shape index (κ3) is 4.46. The van der Waals surface area contributed by atoms with Crippen LogP contribution in [0.15, 0.2) is 45.9 Å². The molecule has 0 saturated carbocycles. The highest BCUT2D eigenvalue weighted by atomic mass is 32.2. The van der Waals surface area contributed by atoms with Crippen LogP contribution in [0.2, 0.25) is 0 Å². The average Bonchev–Trinajstić information content (AvgIpc) is 3.18. The van der Waals surface area contributed by atoms with E-state index in [0.29, 0.717) is 5.69 Å². The maximum absolute atomic E-state index is 12.2. The van der Waals surface area contributed by atoms with Crippen molar-refractivity contribution in [2.75, 3.05) is 19.1 Å². The molecule has 0 unspecified atom stereocenters. The summed E-state index contributed by atoms with van der Waals surface area (Å²) in [5, 5.41) is 0.891. The van der Waals surface area contributed by atoms with E-state index in [-0.39, 0.29) is 47.7 Å². The number of anilines is 1. The smallest absolute Gasteiger partial charge is 0.338 e. The number of amides is 2. The van der Waals surface area contributed by atoms with Crippen LogP contribution < -0.4 is 10.4 Å². The molecule has 0 bridgehead atoms. The topological polar surface area (TPSA) is 126 Å². The minimum Gasteiger partial charge on any atom is -0.454 e. The summed E-state index contributed by atoms with van der Waals surface area (Å²) in [5.74, 6) is -0.987. The Morgan fingerprint density at radius 2 is 1.83 bits per heavy atom. The third-order valence-corrected chi connectivity index (χ3v) is 5.82. The van der Waals surface area contributed by atoms with Crippen molar-refractivity contribution in [3.8, 4) is 0 Å². The van der Waals surface area contributed by atoms with Crippen LogP contribution in [-0.2, 0) is 31.0 Å². The van der Waals surface area contributed by atoms with E-state index in [1.54, 1.807) is 0 Å². The predicted octanol–water partition coefficient (Wildman–Crippen LogP) is 1.04. The molecule has 1 fully saturated rings. The average molecular weight is 421 g/mol. The summed E-state index contributed by atoms with van der Waals surface area (Å²) in [7, 11) is -0.949. The quantitative estimate of drug-likeness (QED) is 0.691. The molecule has 1 aromatic heterocycles. The number of benzene rings is 1. The van der Waals surface area contributed by atoms with Crippen LogP contribution in [0.5, 0.6) is 0 Å². The van der Waals surface area contributed by atoms with E-state index in [9.17, 15) is 22.8 Å². The molecule has 1 aliphatic heterocycles. The van der Waals surface area contributed by atoms with Gasteiger partial charge in [-0.3, -0.25) is 15.0 Å². The molecule has 0 spiro atoms. The Balaban J connectivity index is 1.62. The first kappa shape index (κ1) is 20.6. The lowest BCUT2D eigenvalue weighted by molar-refractivity contribution is -0.130. The van der Waals surface area contributed by atoms with Gasteiger partial charge in [0.05, 0.1) is 11.3 Å². The number of sulfonamides is 1. The summed E-state index contributed by atoms with van der Waals surface area (Å²) in [6.45, 7) is -0.246. The zero-order valence-corrected chi connectivity index (χ0v) is 16.6. The van der Waals surface area contributed by atoms with Gasteiger partial charge in [0, 0.05) is 26.9 Å². The van der Waals surface area contributed by atoms with Gasteiger partial charge in [-0.1, -0.05) is 0 Å². The number of furan rings is 1. The van der Waals surface area contributed by atoms with Crippen molar-refractivity contribution in [1.82, 2.24) is 9.73 Å². The fourth-order valence-corrected chi connectivity index (χ4v) is 3.32. The fourth-order valence-electron chi connectivity index (χ4n) is 2.50. The molecule has 1 aliphatic rings. The Bertz CT molecular complexity index is 1040. The van der Waals surface area contributed by atoms with Crippen LogP contribution in [0.1, 0.15) is 29.0 Å². The van der Waals surface area contributed by atoms with E-state index >= 15 is 0 Å². The van der Waals surface area contributed by atoms with Crippen LogP contribution >= 0.6 is 0 Å². The number of esters is 1. The van der Waals surface area contributed by atoms with Crippen molar-refractivity contribution < 1.29 is 32.0 Å². The molecular formula is C18H19N3O7S. The Morgan fingerprint density at radius 1 is 1.14 bits per heavy atom. The van der Waals surface area contributed by atoms with Crippen LogP contribution in [-0.4, -0.2) is 44.6 Å². The maximum atomic E-state index is 12.2. The van der Waals surface area contributed by atoms with Crippen molar-refractivity contribution in [3.63, 3.8) is 0 Å². The Labute approximate surface area is 167 Å². The Hall–Kier alpha value is -3.18. The molecular weight excluding hydrogens is 402 g/mol. The van der Waals surface area contributed by atoms with E-state index in [0.717, 1.165) is 9.31 Å². The highest BCUT2D eigenvalue weighted by Crippen LogP contribution is 2.20. The predicted molar refractivity (Wildman–Crippen MR) is 100 cm³/mol. The van der Waals surface area contributed by atoms with Gasteiger partial charge in [0.2, 0.25) is 16.9 Å². The summed E-state index contributed by atoms with van der Waals surface area (Å²) >= 11 is 0. The van der Waals surface area contributed by atoms with E-state index in [4.69, 9.17) is 9.15 Å². The number of ether oxygens (including phenoxy) is 1. The highest BCUT2D eigenvalue weighted by molar-refractivity contribution is 7.88. The highest BCUT2D eigenvalue weighted by Gasteiger charge is 2.25. The molecule has 1 saturated heterocycles. The monoisotopic (exact) mass is 421 g/mol. The van der Waals surface area contributed by atoms with E-state index < -0.39 is 16.0 Å². The number of hydrogen-bond acceptors (Lipinski definition) is 7. The van der Waals surface area contributed by atoms with Crippen molar-refractivity contribution in [2.24, 2.45) is 0 Å². The van der Waals surface area contributed by atoms with Crippen LogP contribution in [0.3, 0.4) is 0 Å². The van der Waals surface area contributed by atoms with Crippen molar-refractivity contribution in [2.45, 2.75) is 24.5 Å². The molecule has 1 N–H and O–H groups in total. The van der Waals surface area contributed by atoms with Crippen LogP contribution in [0.25, 0.3) is 0 Å². The van der Waals surface area contributed by atoms with Gasteiger partial charge in [-0.25, -0.2) is 22.5 Å². The van der Waals surface area contributed by atoms with Crippen molar-refractivity contribution >= 4 is 33.5 Å². The van der Waals surface area contributed by atoms with Crippen LogP contribution in [0, 0.1) is 0 Å². The second-order valence-electron chi connectivity index (χ2n) is 6.40. The van der Waals surface area contributed by atoms with Gasteiger partial charge >= 0.3 is 5.97 Å². The SMILES string of the molecule is CN(C)S(=O)(=O)c1ccc(COC(=O)c2ccc(N3NC(=O)CCC3=O)cc2)o1. The standard InChI is InChI=1S/C18H19N3O7S/c1-20(2)29(25,26)17-10-7-14(28-17)11-27-18(24)12-3-5-13(6-4-12)21-16(23)9-8-15(22)19-21/h3-7,10H,8-9,11H2,1-2H3,(H,19,22). The number of hydrogen-bond donors (Lipinski definition) is 1. The summed E-state index contributed by atoms with van der Waals surface area (Å²) in [5.41, 5.74) is 3.10. The lowest BCUT2D eigenvalue weighted by atomic mass is 10.2. The first-order valence-electron chi connectivity index (χ1n) is 8.59. The number of carbonyl (C=O) groups excluding carboxylic acids is 3. The maximum Gasteiger partial charge on any atom is 0.338 e. The number of nitrogens with zero attached hydrogens (tertiary/aromatic N) is 2. The Morgan fingerprint density at radius 3 is 2.48 bits per heavy atom. The second-order valence-corrected chi connectivity index (χ2v) is 8.48. The minimum atomic E-state index is -3.71. The molecule has 29 heavy (non-hydrogen) atoms. The van der Waals surface area contributed by atoms with Gasteiger partial charge in [0.15, 0.2) is 0 Å². The molecule has 2 heterocycles. The molecule has 154 valence electrons. The van der Waals surface area contributed by atoms with Gasteiger partial charge in [-0.2, -0.15) is 0 Å². The number of rotatable bonds is 6. The molecule has 0 atom stereocenters. The summed E-state index contributed by atoms with van der Waals surface area (Å²) in [6.07, 6.45) is 0.258. The Kier molecular flexibility index (Phi) is 5.71. The van der Waals surface area contributed by atoms with Crippen molar-refractivity contribution in [1.29, 1.82) is 0 Å². The molecule has 1 aromatic carbocycles. The number of hydrazine groups is 1.